The molecule has 3 nitrogen and oxygen atoms in total. The predicted octanol–water partition coefficient (Wildman–Crippen LogP) is 1.28. The highest BCUT2D eigenvalue weighted by molar-refractivity contribution is 7.99. The van der Waals surface area contributed by atoms with Crippen LogP contribution >= 0.6 is 11.8 Å². The minimum Gasteiger partial charge on any atom is -0.327 e. The van der Waals surface area contributed by atoms with Crippen molar-refractivity contribution in [3.05, 3.63) is 0 Å². The van der Waals surface area contributed by atoms with E-state index < -0.39 is 9.84 Å². The van der Waals surface area contributed by atoms with Gasteiger partial charge in [-0.1, -0.05) is 13.8 Å². The molecule has 0 aromatic rings. The average Bonchev–Trinajstić information content (AvgIpc) is 2.09. The van der Waals surface area contributed by atoms with E-state index in [2.05, 4.69) is 13.8 Å². The van der Waals surface area contributed by atoms with Gasteiger partial charge in [0.05, 0.1) is 5.75 Å². The second-order valence-electron chi connectivity index (χ2n) is 3.73. The molecule has 14 heavy (non-hydrogen) atoms. The van der Waals surface area contributed by atoms with Gasteiger partial charge < -0.3 is 5.73 Å². The maximum Gasteiger partial charge on any atom is 0.147 e. The molecule has 2 unspecified atom stereocenters. The first-order chi connectivity index (χ1) is 6.35. The van der Waals surface area contributed by atoms with Crippen LogP contribution in [0.1, 0.15) is 26.7 Å². The highest BCUT2D eigenvalue weighted by Gasteiger charge is 2.09. The normalized spacial score (nSPS) is 16.6. The molecule has 0 aliphatic heterocycles. The van der Waals surface area contributed by atoms with Crippen molar-refractivity contribution in [1.82, 2.24) is 0 Å². The van der Waals surface area contributed by atoms with Crippen LogP contribution < -0.4 is 5.73 Å². The monoisotopic (exact) mass is 239 g/mol. The van der Waals surface area contributed by atoms with E-state index in [1.165, 1.54) is 6.26 Å². The van der Waals surface area contributed by atoms with Crippen molar-refractivity contribution >= 4 is 21.6 Å². The summed E-state index contributed by atoms with van der Waals surface area (Å²) in [6.07, 6.45) is 2.95. The highest BCUT2D eigenvalue weighted by atomic mass is 32.2. The molecule has 0 aliphatic rings. The predicted molar refractivity (Wildman–Crippen MR) is 64.5 cm³/mol. The molecule has 86 valence electrons. The van der Waals surface area contributed by atoms with Gasteiger partial charge in [0, 0.05) is 23.3 Å². The first-order valence-electron chi connectivity index (χ1n) is 4.90. The van der Waals surface area contributed by atoms with Crippen molar-refractivity contribution in [2.24, 2.45) is 5.73 Å². The lowest BCUT2D eigenvalue weighted by atomic mass is 10.3. The summed E-state index contributed by atoms with van der Waals surface area (Å²) in [5.74, 6) is 1.06. The molecule has 0 heterocycles. The molecule has 0 bridgehead atoms. The van der Waals surface area contributed by atoms with Gasteiger partial charge in [-0.2, -0.15) is 11.8 Å². The van der Waals surface area contributed by atoms with Crippen LogP contribution in [0, 0.1) is 0 Å². The molecule has 0 spiro atoms. The van der Waals surface area contributed by atoms with Gasteiger partial charge in [-0.3, -0.25) is 0 Å². The molecule has 0 saturated carbocycles. The Bertz CT molecular complexity index is 239. The molecule has 0 amide bonds. The topological polar surface area (TPSA) is 60.2 Å². The van der Waals surface area contributed by atoms with Crippen LogP contribution in [0.4, 0.5) is 0 Å². The number of sulfone groups is 1. The van der Waals surface area contributed by atoms with Crippen molar-refractivity contribution in [3.63, 3.8) is 0 Å². The van der Waals surface area contributed by atoms with Crippen LogP contribution in [0.3, 0.4) is 0 Å². The molecule has 5 heteroatoms. The largest absolute Gasteiger partial charge is 0.327 e. The fourth-order valence-electron chi connectivity index (χ4n) is 0.854. The van der Waals surface area contributed by atoms with Gasteiger partial charge in [0.15, 0.2) is 0 Å². The summed E-state index contributed by atoms with van der Waals surface area (Å²) in [7, 11) is -2.85. The maximum atomic E-state index is 10.9. The zero-order chi connectivity index (χ0) is 11.2. The highest BCUT2D eigenvalue weighted by Crippen LogP contribution is 2.14. The molecule has 0 radical (unpaired) electrons. The Kier molecular flexibility index (Phi) is 6.81. The van der Waals surface area contributed by atoms with Gasteiger partial charge in [-0.25, -0.2) is 8.42 Å². The van der Waals surface area contributed by atoms with E-state index in [-0.39, 0.29) is 11.8 Å². The van der Waals surface area contributed by atoms with Gasteiger partial charge in [0.1, 0.15) is 9.84 Å². The third-order valence-electron chi connectivity index (χ3n) is 2.03. The number of rotatable bonds is 7. The van der Waals surface area contributed by atoms with Gasteiger partial charge in [0.25, 0.3) is 0 Å². The molecule has 2 N–H and O–H groups in total. The van der Waals surface area contributed by atoms with Crippen molar-refractivity contribution in [1.29, 1.82) is 0 Å². The number of nitrogens with two attached hydrogens (primary N) is 1. The third-order valence-corrected chi connectivity index (χ3v) is 4.53. The Morgan fingerprint density at radius 2 is 2.00 bits per heavy atom. The number of thioether (sulfide) groups is 1. The first-order valence-corrected chi connectivity index (χ1v) is 8.01. The smallest absolute Gasteiger partial charge is 0.147 e. The van der Waals surface area contributed by atoms with E-state index in [0.29, 0.717) is 11.7 Å². The Balaban J connectivity index is 3.61. The molecule has 0 saturated heterocycles. The Morgan fingerprint density at radius 1 is 1.43 bits per heavy atom. The molecule has 0 fully saturated rings. The minimum atomic E-state index is -2.85. The summed E-state index contributed by atoms with van der Waals surface area (Å²) < 4.78 is 21.7. The molecule has 0 aromatic carbocycles. The van der Waals surface area contributed by atoms with Gasteiger partial charge in [-0.15, -0.1) is 0 Å². The fourth-order valence-corrected chi connectivity index (χ4v) is 2.56. The lowest BCUT2D eigenvalue weighted by molar-refractivity contribution is 0.594. The van der Waals surface area contributed by atoms with Crippen LogP contribution in [-0.4, -0.2) is 37.5 Å². The van der Waals surface area contributed by atoms with E-state index in [1.54, 1.807) is 0 Å². The first kappa shape index (κ1) is 14.3. The summed E-state index contributed by atoms with van der Waals surface area (Å²) in [5, 5.41) is 0.610. The van der Waals surface area contributed by atoms with Crippen LogP contribution in [0.2, 0.25) is 0 Å². The van der Waals surface area contributed by atoms with Gasteiger partial charge in [-0.05, 0) is 12.8 Å². The molecular formula is C9H21NO2S2. The van der Waals surface area contributed by atoms with Crippen molar-refractivity contribution in [2.75, 3.05) is 17.8 Å². The van der Waals surface area contributed by atoms with E-state index in [1.807, 2.05) is 11.8 Å². The van der Waals surface area contributed by atoms with Gasteiger partial charge >= 0.3 is 0 Å². The zero-order valence-electron chi connectivity index (χ0n) is 9.19. The van der Waals surface area contributed by atoms with E-state index >= 15 is 0 Å². The standard InChI is InChI=1S/C9H21NO2S2/c1-4-8(2)13-7-9(10)5-6-14(3,11)12/h8-9H,4-7,10H2,1-3H3. The summed E-state index contributed by atoms with van der Waals surface area (Å²) in [4.78, 5) is 0. The lowest BCUT2D eigenvalue weighted by Gasteiger charge is -2.13. The van der Waals surface area contributed by atoms with E-state index in [9.17, 15) is 8.42 Å². The zero-order valence-corrected chi connectivity index (χ0v) is 10.8. The molecule has 0 aliphatic carbocycles. The minimum absolute atomic E-state index is 0.00345. The fraction of sp³-hybridized carbons (Fsp3) is 1.00. The average molecular weight is 239 g/mol. The van der Waals surface area contributed by atoms with E-state index in [4.69, 9.17) is 5.73 Å². The van der Waals surface area contributed by atoms with Crippen molar-refractivity contribution < 1.29 is 8.42 Å². The number of hydrogen-bond acceptors (Lipinski definition) is 4. The molecule has 0 rings (SSSR count). The summed E-state index contributed by atoms with van der Waals surface area (Å²) in [5.41, 5.74) is 5.80. The maximum absolute atomic E-state index is 10.9. The van der Waals surface area contributed by atoms with Crippen molar-refractivity contribution in [2.45, 2.75) is 38.0 Å². The summed E-state index contributed by atoms with van der Waals surface area (Å²) in [6.45, 7) is 4.30. The Morgan fingerprint density at radius 3 is 2.43 bits per heavy atom. The Hall–Kier alpha value is 0.260. The van der Waals surface area contributed by atoms with Gasteiger partial charge in [0.2, 0.25) is 0 Å². The Labute approximate surface area is 91.7 Å². The van der Waals surface area contributed by atoms with E-state index in [0.717, 1.165) is 12.2 Å². The van der Waals surface area contributed by atoms with Crippen LogP contribution in [0.25, 0.3) is 0 Å². The number of hydrogen-bond donors (Lipinski definition) is 1. The molecule has 2 atom stereocenters. The molecular weight excluding hydrogens is 218 g/mol. The second-order valence-corrected chi connectivity index (χ2v) is 7.46. The van der Waals surface area contributed by atoms with Crippen LogP contribution in [-0.2, 0) is 9.84 Å². The SMILES string of the molecule is CCC(C)SCC(N)CCS(C)(=O)=O. The van der Waals surface area contributed by atoms with Crippen molar-refractivity contribution in [3.8, 4) is 0 Å². The molecule has 0 aromatic heterocycles. The second kappa shape index (κ2) is 6.69. The summed E-state index contributed by atoms with van der Waals surface area (Å²) >= 11 is 1.82. The third kappa shape index (κ3) is 8.84. The quantitative estimate of drug-likeness (QED) is 0.727. The van der Waals surface area contributed by atoms with Crippen LogP contribution in [0.5, 0.6) is 0 Å². The van der Waals surface area contributed by atoms with Crippen LogP contribution in [0.15, 0.2) is 0 Å². The summed E-state index contributed by atoms with van der Waals surface area (Å²) in [6, 6.07) is 0.00345. The lowest BCUT2D eigenvalue weighted by Crippen LogP contribution is -2.26.